The number of benzene rings is 2. The van der Waals surface area contributed by atoms with Crippen LogP contribution in [0.25, 0.3) is 5.32 Å². The quantitative estimate of drug-likeness (QED) is 0.747. The van der Waals surface area contributed by atoms with Gasteiger partial charge < -0.3 is 15.2 Å². The van der Waals surface area contributed by atoms with Crippen LogP contribution in [0.5, 0.6) is 0 Å². The first-order valence-electron chi connectivity index (χ1n) is 8.17. The second kappa shape index (κ2) is 10.4. The molecule has 3 nitrogen and oxygen atoms in total. The van der Waals surface area contributed by atoms with Gasteiger partial charge in [-0.2, -0.15) is 0 Å². The predicted octanol–water partition coefficient (Wildman–Crippen LogP) is 2.38. The maximum atomic E-state index is 12.6. The summed E-state index contributed by atoms with van der Waals surface area (Å²) in [5.74, 6) is 0.399. The van der Waals surface area contributed by atoms with Crippen LogP contribution in [0, 0.1) is 0 Å². The molecule has 134 valence electrons. The minimum atomic E-state index is -0.797. The third kappa shape index (κ3) is 6.37. The number of thioether (sulfide) groups is 1. The van der Waals surface area contributed by atoms with E-state index in [0.717, 1.165) is 11.1 Å². The van der Waals surface area contributed by atoms with Crippen LogP contribution >= 0.6 is 23.4 Å². The summed E-state index contributed by atoms with van der Waals surface area (Å²) >= 11 is 7.67. The Kier molecular flexibility index (Phi) is 9.30. The first-order chi connectivity index (χ1) is 11.8. The van der Waals surface area contributed by atoms with Crippen LogP contribution < -0.4 is 18.9 Å². The second-order valence-electron chi connectivity index (χ2n) is 6.42. The van der Waals surface area contributed by atoms with E-state index in [1.54, 1.807) is 6.92 Å². The Morgan fingerprint density at radius 1 is 1.15 bits per heavy atom. The molecule has 0 saturated heterocycles. The minimum Gasteiger partial charge on any atom is -0.647 e. The molecule has 2 rings (SSSR count). The van der Waals surface area contributed by atoms with Crippen LogP contribution in [0.2, 0.25) is 5.02 Å². The molecule has 0 aliphatic carbocycles. The summed E-state index contributed by atoms with van der Waals surface area (Å²) in [6.45, 7) is 5.45. The van der Waals surface area contributed by atoms with Crippen molar-refractivity contribution in [1.29, 1.82) is 0 Å². The number of aliphatic hydroxyl groups is 1. The molecule has 0 aliphatic heterocycles. The summed E-state index contributed by atoms with van der Waals surface area (Å²) < 4.78 is -0.691. The Hall–Kier alpha value is -0.893. The van der Waals surface area contributed by atoms with Crippen molar-refractivity contribution in [1.82, 2.24) is 0 Å². The molecule has 0 radical (unpaired) electrons. The fourth-order valence-corrected chi connectivity index (χ4v) is 3.50. The SMILES string of the molecule is C[C@H]([N-]C(=O)C(C)(C)SCc1ccccc1Cl)[C@H](O)c1ccccc1.[Li+]. The molecule has 2 aromatic rings. The third-order valence-electron chi connectivity index (χ3n) is 3.98. The summed E-state index contributed by atoms with van der Waals surface area (Å²) in [7, 11) is 0. The number of halogens is 1. The zero-order chi connectivity index (χ0) is 18.4. The van der Waals surface area contributed by atoms with Crippen molar-refractivity contribution >= 4 is 29.3 Å². The van der Waals surface area contributed by atoms with Crippen LogP contribution in [0.4, 0.5) is 0 Å². The Labute approximate surface area is 177 Å². The molecule has 0 spiro atoms. The molecule has 0 bridgehead atoms. The van der Waals surface area contributed by atoms with Crippen molar-refractivity contribution in [2.75, 3.05) is 0 Å². The van der Waals surface area contributed by atoms with Gasteiger partial charge in [-0.1, -0.05) is 73.1 Å². The van der Waals surface area contributed by atoms with Gasteiger partial charge in [-0.05, 0) is 31.0 Å². The summed E-state index contributed by atoms with van der Waals surface area (Å²) in [5, 5.41) is 15.3. The zero-order valence-corrected chi connectivity index (χ0v) is 17.2. The van der Waals surface area contributed by atoms with Crippen LogP contribution in [-0.4, -0.2) is 21.8 Å². The normalized spacial score (nSPS) is 13.4. The molecular weight excluding hydrogens is 361 g/mol. The zero-order valence-electron chi connectivity index (χ0n) is 15.6. The Balaban J connectivity index is 0.00000338. The van der Waals surface area contributed by atoms with Gasteiger partial charge in [-0.25, -0.2) is 0 Å². The van der Waals surface area contributed by atoms with Crippen LogP contribution in [0.1, 0.15) is 38.0 Å². The van der Waals surface area contributed by atoms with E-state index < -0.39 is 16.9 Å². The number of hydrogen-bond donors (Lipinski definition) is 1. The molecule has 6 heteroatoms. The summed E-state index contributed by atoms with van der Waals surface area (Å²) in [6.07, 6.45) is -0.797. The number of amides is 1. The third-order valence-corrected chi connectivity index (χ3v) is 5.70. The van der Waals surface area contributed by atoms with E-state index in [1.165, 1.54) is 11.8 Å². The predicted molar refractivity (Wildman–Crippen MR) is 106 cm³/mol. The summed E-state index contributed by atoms with van der Waals surface area (Å²) in [4.78, 5) is 12.6. The molecule has 26 heavy (non-hydrogen) atoms. The molecule has 0 aromatic heterocycles. The van der Waals surface area contributed by atoms with E-state index in [4.69, 9.17) is 11.6 Å². The second-order valence-corrected chi connectivity index (χ2v) is 8.43. The van der Waals surface area contributed by atoms with Gasteiger partial charge in [0.1, 0.15) is 0 Å². The first kappa shape index (κ1) is 23.1. The molecule has 1 amide bonds. The van der Waals surface area contributed by atoms with Gasteiger partial charge in [-0.15, -0.1) is 11.8 Å². The Morgan fingerprint density at radius 3 is 2.35 bits per heavy atom. The fourth-order valence-electron chi connectivity index (χ4n) is 2.28. The van der Waals surface area contributed by atoms with Crippen LogP contribution in [0.15, 0.2) is 54.6 Å². The van der Waals surface area contributed by atoms with E-state index in [0.29, 0.717) is 10.8 Å². The van der Waals surface area contributed by atoms with Gasteiger partial charge in [0.15, 0.2) is 0 Å². The van der Waals surface area contributed by atoms with Crippen LogP contribution in [0.3, 0.4) is 0 Å². The average molecular weight is 384 g/mol. The van der Waals surface area contributed by atoms with Crippen molar-refractivity contribution in [3.63, 3.8) is 0 Å². The standard InChI is InChI=1S/C20H24ClNO2S.Li/c1-14(18(23)15-9-5-4-6-10-15)22-19(24)20(2,3)25-13-16-11-7-8-12-17(16)21;/h4-12,14,18,23H,13H2,1-3H3,(H,22,24);/q;+1/p-1/t14-,18-;/m0./s1. The van der Waals surface area contributed by atoms with Gasteiger partial charge in [0.05, 0.1) is 16.8 Å². The first-order valence-corrected chi connectivity index (χ1v) is 9.53. The van der Waals surface area contributed by atoms with E-state index in [9.17, 15) is 9.90 Å². The molecule has 0 heterocycles. The van der Waals surface area contributed by atoms with Crippen molar-refractivity contribution < 1.29 is 28.8 Å². The summed E-state index contributed by atoms with van der Waals surface area (Å²) in [5.41, 5.74) is 1.75. The van der Waals surface area contributed by atoms with Crippen molar-refractivity contribution in [2.24, 2.45) is 0 Å². The van der Waals surface area contributed by atoms with Crippen molar-refractivity contribution in [3.8, 4) is 0 Å². The monoisotopic (exact) mass is 383 g/mol. The Morgan fingerprint density at radius 2 is 1.73 bits per heavy atom. The van der Waals surface area contributed by atoms with E-state index >= 15 is 0 Å². The van der Waals surface area contributed by atoms with Crippen molar-refractivity contribution in [3.05, 3.63) is 76.1 Å². The van der Waals surface area contributed by atoms with Crippen LogP contribution in [-0.2, 0) is 10.5 Å². The number of aliphatic hydroxyl groups excluding tert-OH is 1. The molecule has 0 unspecified atom stereocenters. The van der Waals surface area contributed by atoms with Crippen molar-refractivity contribution in [2.45, 2.75) is 43.4 Å². The van der Waals surface area contributed by atoms with E-state index in [1.807, 2.05) is 68.4 Å². The van der Waals surface area contributed by atoms with Gasteiger partial charge >= 0.3 is 18.9 Å². The minimum absolute atomic E-state index is 0. The van der Waals surface area contributed by atoms with Gasteiger partial charge in [-0.3, -0.25) is 0 Å². The number of rotatable bonds is 7. The van der Waals surface area contributed by atoms with Gasteiger partial charge in [0.25, 0.3) is 0 Å². The Bertz CT molecular complexity index is 712. The number of hydrogen-bond acceptors (Lipinski definition) is 3. The van der Waals surface area contributed by atoms with Gasteiger partial charge in [0.2, 0.25) is 0 Å². The fraction of sp³-hybridized carbons (Fsp3) is 0.350. The topological polar surface area (TPSA) is 51.4 Å². The maximum absolute atomic E-state index is 12.6. The average Bonchev–Trinajstić information content (AvgIpc) is 2.61. The molecule has 0 saturated carbocycles. The number of nitrogens with zero attached hydrogens (tertiary/aromatic N) is 1. The molecule has 2 aromatic carbocycles. The number of carbonyl (C=O) groups excluding carboxylic acids is 1. The smallest absolute Gasteiger partial charge is 0.647 e. The van der Waals surface area contributed by atoms with E-state index in [-0.39, 0.29) is 24.8 Å². The molecular formula is C20H23ClLiNO2S. The largest absolute Gasteiger partial charge is 1.00 e. The molecule has 0 aliphatic rings. The number of carbonyl (C=O) groups is 1. The van der Waals surface area contributed by atoms with Gasteiger partial charge in [0, 0.05) is 10.8 Å². The van der Waals surface area contributed by atoms with E-state index in [2.05, 4.69) is 5.32 Å². The maximum Gasteiger partial charge on any atom is 1.00 e. The molecule has 0 fully saturated rings. The molecule has 2 atom stereocenters. The summed E-state index contributed by atoms with van der Waals surface area (Å²) in [6, 6.07) is 16.4. The molecule has 1 N–H and O–H groups in total.